The minimum atomic E-state index is -3.21. The van der Waals surface area contributed by atoms with E-state index in [1.165, 1.54) is 12.1 Å². The van der Waals surface area contributed by atoms with Crippen LogP contribution in [0, 0.1) is 5.82 Å². The third-order valence-corrected chi connectivity index (χ3v) is 6.35. The zero-order chi connectivity index (χ0) is 18.2. The predicted molar refractivity (Wildman–Crippen MR) is 97.0 cm³/mol. The van der Waals surface area contributed by atoms with Crippen molar-refractivity contribution >= 4 is 21.1 Å². The molecule has 2 N–H and O–H groups in total. The van der Waals surface area contributed by atoms with Gasteiger partial charge in [-0.1, -0.05) is 19.1 Å². The molecule has 0 saturated heterocycles. The van der Waals surface area contributed by atoms with Crippen molar-refractivity contribution in [1.29, 1.82) is 0 Å². The molecule has 132 valence electrons. The first-order valence-corrected chi connectivity index (χ1v) is 9.74. The molecule has 0 aliphatic carbocycles. The third-order valence-electron chi connectivity index (χ3n) is 4.60. The number of phenols is 1. The van der Waals surface area contributed by atoms with E-state index in [1.54, 1.807) is 31.2 Å². The molecule has 0 amide bonds. The summed E-state index contributed by atoms with van der Waals surface area (Å²) in [5, 5.41) is 13.1. The van der Waals surface area contributed by atoms with Crippen LogP contribution in [0.2, 0.25) is 0 Å². The van der Waals surface area contributed by atoms with Crippen LogP contribution >= 0.6 is 0 Å². The summed E-state index contributed by atoms with van der Waals surface area (Å²) in [7, 11) is -3.21. The molecular weight excluding hydrogens is 341 g/mol. The smallest absolute Gasteiger partial charge is 0.178 e. The molecule has 1 aliphatic heterocycles. The summed E-state index contributed by atoms with van der Waals surface area (Å²) in [6, 6.07) is 9.42. The Morgan fingerprint density at radius 1 is 1.16 bits per heavy atom. The molecule has 25 heavy (non-hydrogen) atoms. The van der Waals surface area contributed by atoms with E-state index in [1.807, 2.05) is 6.92 Å². The molecule has 0 spiro atoms. The fraction of sp³-hybridized carbons (Fsp3) is 0.263. The minimum absolute atomic E-state index is 0.0444. The lowest BCUT2D eigenvalue weighted by molar-refractivity contribution is 0.471. The summed E-state index contributed by atoms with van der Waals surface area (Å²) in [4.78, 5) is 0.316. The fourth-order valence-electron chi connectivity index (χ4n) is 3.05. The van der Waals surface area contributed by atoms with Gasteiger partial charge in [-0.05, 0) is 54.3 Å². The largest absolute Gasteiger partial charge is 0.507 e. The number of sulfone groups is 1. The van der Waals surface area contributed by atoms with E-state index in [0.717, 1.165) is 16.7 Å². The molecular formula is C19H20FNO3S. The number of anilines is 1. The lowest BCUT2D eigenvalue weighted by Gasteiger charge is -2.24. The molecule has 6 heteroatoms. The summed E-state index contributed by atoms with van der Waals surface area (Å²) < 4.78 is 37.7. The van der Waals surface area contributed by atoms with Gasteiger partial charge in [0.25, 0.3) is 0 Å². The first-order valence-electron chi connectivity index (χ1n) is 8.09. The topological polar surface area (TPSA) is 66.4 Å². The highest BCUT2D eigenvalue weighted by Crippen LogP contribution is 2.39. The zero-order valence-electron chi connectivity index (χ0n) is 14.1. The van der Waals surface area contributed by atoms with Gasteiger partial charge in [0.1, 0.15) is 11.6 Å². The Balaban J connectivity index is 1.92. The van der Waals surface area contributed by atoms with Gasteiger partial charge in [0.2, 0.25) is 0 Å². The minimum Gasteiger partial charge on any atom is -0.507 e. The highest BCUT2D eigenvalue weighted by atomic mass is 32.2. The Morgan fingerprint density at radius 3 is 2.48 bits per heavy atom. The monoisotopic (exact) mass is 361 g/mol. The summed E-state index contributed by atoms with van der Waals surface area (Å²) >= 11 is 0. The van der Waals surface area contributed by atoms with Crippen LogP contribution in [-0.2, 0) is 16.3 Å². The van der Waals surface area contributed by atoms with Crippen molar-refractivity contribution in [1.82, 2.24) is 0 Å². The van der Waals surface area contributed by atoms with Crippen LogP contribution in [0.25, 0.3) is 5.57 Å². The number of phenolic OH excluding ortho intramolecular Hbond substituents is 1. The van der Waals surface area contributed by atoms with Gasteiger partial charge < -0.3 is 10.4 Å². The van der Waals surface area contributed by atoms with Crippen molar-refractivity contribution in [2.24, 2.45) is 0 Å². The van der Waals surface area contributed by atoms with Gasteiger partial charge in [-0.25, -0.2) is 12.8 Å². The SMILES string of the molecule is CCS(=O)(=O)c1ccc(CC2=C(C)c3c(O)ccc(F)c3NC2)cc1. The van der Waals surface area contributed by atoms with Gasteiger partial charge in [-0.3, -0.25) is 0 Å². The summed E-state index contributed by atoms with van der Waals surface area (Å²) in [5.74, 6) is -0.273. The van der Waals surface area contributed by atoms with Crippen molar-refractivity contribution < 1.29 is 17.9 Å². The van der Waals surface area contributed by atoms with Crippen LogP contribution in [0.15, 0.2) is 46.9 Å². The van der Waals surface area contributed by atoms with Gasteiger partial charge >= 0.3 is 0 Å². The summed E-state index contributed by atoms with van der Waals surface area (Å²) in [6.45, 7) is 3.96. The summed E-state index contributed by atoms with van der Waals surface area (Å²) in [6.07, 6.45) is 0.598. The molecule has 2 aromatic carbocycles. The maximum Gasteiger partial charge on any atom is 0.178 e. The van der Waals surface area contributed by atoms with Gasteiger partial charge in [-0.15, -0.1) is 0 Å². The number of hydrogen-bond acceptors (Lipinski definition) is 4. The molecule has 2 aromatic rings. The lowest BCUT2D eigenvalue weighted by Crippen LogP contribution is -2.16. The molecule has 0 aromatic heterocycles. The molecule has 0 unspecified atom stereocenters. The highest BCUT2D eigenvalue weighted by molar-refractivity contribution is 7.91. The predicted octanol–water partition coefficient (Wildman–Crippen LogP) is 3.77. The Hall–Kier alpha value is -2.34. The number of rotatable bonds is 4. The number of benzene rings is 2. The van der Waals surface area contributed by atoms with Crippen LogP contribution in [0.4, 0.5) is 10.1 Å². The fourth-order valence-corrected chi connectivity index (χ4v) is 3.93. The first kappa shape index (κ1) is 17.5. The first-order chi connectivity index (χ1) is 11.8. The molecule has 0 fully saturated rings. The second-order valence-corrected chi connectivity index (χ2v) is 8.40. The molecule has 0 atom stereocenters. The van der Waals surface area contributed by atoms with Gasteiger partial charge in [0, 0.05) is 12.1 Å². The molecule has 0 bridgehead atoms. The number of aromatic hydroxyl groups is 1. The van der Waals surface area contributed by atoms with Gasteiger partial charge in [0.05, 0.1) is 16.3 Å². The van der Waals surface area contributed by atoms with Gasteiger partial charge in [-0.2, -0.15) is 0 Å². The number of halogens is 1. The van der Waals surface area contributed by atoms with Gasteiger partial charge in [0.15, 0.2) is 9.84 Å². The second kappa shape index (κ2) is 6.52. The van der Waals surface area contributed by atoms with Crippen LogP contribution in [0.1, 0.15) is 25.0 Å². The zero-order valence-corrected chi connectivity index (χ0v) is 15.0. The van der Waals surface area contributed by atoms with Crippen LogP contribution in [-0.4, -0.2) is 25.8 Å². The van der Waals surface area contributed by atoms with Crippen molar-refractivity contribution in [2.75, 3.05) is 17.6 Å². The number of hydrogen-bond donors (Lipinski definition) is 2. The molecule has 0 saturated carbocycles. The molecule has 1 aliphatic rings. The van der Waals surface area contributed by atoms with E-state index in [4.69, 9.17) is 0 Å². The Kier molecular flexibility index (Phi) is 4.56. The Bertz CT molecular complexity index is 947. The second-order valence-electron chi connectivity index (χ2n) is 6.12. The standard InChI is InChI=1S/C19H20FNO3S/c1-3-25(23,24)15-6-4-13(5-7-15)10-14-11-21-19-16(20)8-9-17(22)18(19)12(14)2/h4-9,21-22H,3,10-11H2,1-2H3. The van der Waals surface area contributed by atoms with E-state index in [-0.39, 0.29) is 17.3 Å². The van der Waals surface area contributed by atoms with Crippen molar-refractivity contribution in [3.8, 4) is 5.75 Å². The average molecular weight is 361 g/mol. The third kappa shape index (κ3) is 3.26. The van der Waals surface area contributed by atoms with Crippen molar-refractivity contribution in [3.63, 3.8) is 0 Å². The van der Waals surface area contributed by atoms with E-state index < -0.39 is 9.84 Å². The van der Waals surface area contributed by atoms with Crippen LogP contribution in [0.3, 0.4) is 0 Å². The molecule has 1 heterocycles. The number of nitrogens with one attached hydrogen (secondary N) is 1. The maximum absolute atomic E-state index is 13.9. The summed E-state index contributed by atoms with van der Waals surface area (Å²) in [5.41, 5.74) is 3.65. The highest BCUT2D eigenvalue weighted by Gasteiger charge is 2.22. The Labute approximate surface area is 146 Å². The van der Waals surface area contributed by atoms with E-state index >= 15 is 0 Å². The Morgan fingerprint density at radius 2 is 1.84 bits per heavy atom. The lowest BCUT2D eigenvalue weighted by atomic mass is 9.91. The quantitative estimate of drug-likeness (QED) is 0.870. The van der Waals surface area contributed by atoms with E-state index in [0.29, 0.717) is 29.1 Å². The normalized spacial score (nSPS) is 14.2. The van der Waals surface area contributed by atoms with Crippen molar-refractivity contribution in [3.05, 3.63) is 58.9 Å². The maximum atomic E-state index is 13.9. The average Bonchev–Trinajstić information content (AvgIpc) is 2.60. The molecule has 0 radical (unpaired) electrons. The van der Waals surface area contributed by atoms with Crippen LogP contribution < -0.4 is 5.32 Å². The molecule has 4 nitrogen and oxygen atoms in total. The van der Waals surface area contributed by atoms with E-state index in [2.05, 4.69) is 5.32 Å². The number of allylic oxidation sites excluding steroid dienone is 1. The number of fused-ring (bicyclic) bond motifs is 1. The van der Waals surface area contributed by atoms with Crippen molar-refractivity contribution in [2.45, 2.75) is 25.2 Å². The molecule has 3 rings (SSSR count). The van der Waals surface area contributed by atoms with Crippen LogP contribution in [0.5, 0.6) is 5.75 Å². The van der Waals surface area contributed by atoms with E-state index in [9.17, 15) is 17.9 Å².